The average Bonchev–Trinajstić information content (AvgIpc) is 3.56. The number of hydrogen-bond donors (Lipinski definition) is 3. The topological polar surface area (TPSA) is 120 Å². The molecule has 5 rings (SSSR count). The van der Waals surface area contributed by atoms with E-state index in [9.17, 15) is 14.4 Å². The first kappa shape index (κ1) is 16.9. The van der Waals surface area contributed by atoms with Crippen LogP contribution >= 0.6 is 0 Å². The summed E-state index contributed by atoms with van der Waals surface area (Å²) in [4.78, 5) is 41.3. The lowest BCUT2D eigenvalue weighted by Crippen LogP contribution is -2.46. The van der Waals surface area contributed by atoms with Gasteiger partial charge in [-0.05, 0) is 31.4 Å². The fourth-order valence-electron chi connectivity index (χ4n) is 4.38. The van der Waals surface area contributed by atoms with Gasteiger partial charge in [0.1, 0.15) is 0 Å². The number of fused-ring (bicyclic) bond motifs is 3. The van der Waals surface area contributed by atoms with Gasteiger partial charge in [-0.1, -0.05) is 6.07 Å². The second-order valence-electron chi connectivity index (χ2n) is 8.34. The molecular formula is C22H25N7O3. The van der Waals surface area contributed by atoms with Crippen LogP contribution in [0.3, 0.4) is 0 Å². The van der Waals surface area contributed by atoms with Gasteiger partial charge in [0.2, 0.25) is 11.8 Å². The molecule has 32 heavy (non-hydrogen) atoms. The Labute approximate surface area is 189 Å². The highest BCUT2D eigenvalue weighted by Gasteiger charge is 2.39. The minimum atomic E-state index is -2.72. The maximum Gasteiger partial charge on any atom is 0.273 e. The third-order valence-electron chi connectivity index (χ3n) is 6.06. The molecular weight excluding hydrogens is 410 g/mol. The van der Waals surface area contributed by atoms with Gasteiger partial charge in [0.05, 0.1) is 28.8 Å². The Kier molecular flexibility index (Phi) is 4.11. The van der Waals surface area contributed by atoms with Crippen molar-refractivity contribution in [3.05, 3.63) is 30.0 Å². The first-order valence-electron chi connectivity index (χ1n) is 12.0. The summed E-state index contributed by atoms with van der Waals surface area (Å²) in [5.41, 5.74) is 2.05. The lowest BCUT2D eigenvalue weighted by Gasteiger charge is -2.39. The summed E-state index contributed by atoms with van der Waals surface area (Å²) >= 11 is 0. The van der Waals surface area contributed by atoms with E-state index in [4.69, 9.17) is 4.11 Å². The zero-order valence-corrected chi connectivity index (χ0v) is 17.5. The quantitative estimate of drug-likeness (QED) is 0.652. The second kappa shape index (κ2) is 7.77. The van der Waals surface area contributed by atoms with Crippen LogP contribution in [0.1, 0.15) is 40.3 Å². The van der Waals surface area contributed by atoms with Crippen molar-refractivity contribution in [2.24, 2.45) is 5.92 Å². The predicted octanol–water partition coefficient (Wildman–Crippen LogP) is 1.87. The van der Waals surface area contributed by atoms with Gasteiger partial charge >= 0.3 is 0 Å². The molecule has 3 amide bonds. The van der Waals surface area contributed by atoms with Crippen molar-refractivity contribution in [1.29, 1.82) is 0 Å². The van der Waals surface area contributed by atoms with Gasteiger partial charge in [0, 0.05) is 43.1 Å². The number of rotatable bonds is 5. The standard InChI is InChI=1S/C22H25N7O3/c1-23-22(32)19-15(10-17(26-27-19)25-21(31)12-6-7-12)24-14-4-3-5-16-20(14)28(2)11-13-8-9-18(30)29(13)16/h3-5,10,12-13H,6-9,11H2,1-2H3,(H,23,32)(H2,24,25,26,31)/t13-/m1/s1/i1D3. The summed E-state index contributed by atoms with van der Waals surface area (Å²) in [5, 5.41) is 15.6. The van der Waals surface area contributed by atoms with Gasteiger partial charge < -0.3 is 25.8 Å². The van der Waals surface area contributed by atoms with Crippen LogP contribution in [0.5, 0.6) is 0 Å². The van der Waals surface area contributed by atoms with Crippen molar-refractivity contribution in [1.82, 2.24) is 15.5 Å². The molecule has 2 aliphatic heterocycles. The van der Waals surface area contributed by atoms with E-state index < -0.39 is 12.9 Å². The molecule has 1 atom stereocenters. The van der Waals surface area contributed by atoms with Crippen molar-refractivity contribution < 1.29 is 18.5 Å². The van der Waals surface area contributed by atoms with Crippen LogP contribution in [-0.4, -0.2) is 54.5 Å². The normalized spacial score (nSPS) is 21.1. The number of hydrogen-bond acceptors (Lipinski definition) is 7. The summed E-state index contributed by atoms with van der Waals surface area (Å²) in [6.07, 6.45) is 2.90. The number of carbonyl (C=O) groups is 3. The van der Waals surface area contributed by atoms with Crippen molar-refractivity contribution in [2.75, 3.05) is 41.0 Å². The van der Waals surface area contributed by atoms with Crippen LogP contribution < -0.4 is 25.8 Å². The van der Waals surface area contributed by atoms with Crippen molar-refractivity contribution in [2.45, 2.75) is 31.7 Å². The Morgan fingerprint density at radius 3 is 2.81 bits per heavy atom. The number of nitrogens with zero attached hydrogens (tertiary/aromatic N) is 4. The van der Waals surface area contributed by atoms with Gasteiger partial charge in [0.15, 0.2) is 11.5 Å². The summed E-state index contributed by atoms with van der Waals surface area (Å²) < 4.78 is 22.1. The van der Waals surface area contributed by atoms with Gasteiger partial charge in [-0.25, -0.2) is 0 Å². The van der Waals surface area contributed by atoms with Crippen molar-refractivity contribution in [3.63, 3.8) is 0 Å². The molecule has 0 bridgehead atoms. The Hall–Kier alpha value is -3.69. The fourth-order valence-corrected chi connectivity index (χ4v) is 4.38. The van der Waals surface area contributed by atoms with E-state index in [1.807, 2.05) is 28.2 Å². The van der Waals surface area contributed by atoms with Gasteiger partial charge in [-0.15, -0.1) is 10.2 Å². The summed E-state index contributed by atoms with van der Waals surface area (Å²) in [5.74, 6) is -0.974. The van der Waals surface area contributed by atoms with Crippen LogP contribution in [0.4, 0.5) is 28.6 Å². The van der Waals surface area contributed by atoms with Crippen molar-refractivity contribution >= 4 is 46.3 Å². The SMILES string of the molecule is [2H]C([2H])([2H])NC(=O)c1nnc(NC(=O)C2CC2)cc1Nc1cccc2c1N(C)C[C@H]1CCC(=O)N21. The maximum atomic E-state index is 12.7. The largest absolute Gasteiger partial charge is 0.369 e. The minimum Gasteiger partial charge on any atom is -0.369 e. The van der Waals surface area contributed by atoms with Crippen LogP contribution in [-0.2, 0) is 9.59 Å². The van der Waals surface area contributed by atoms with Gasteiger partial charge in [0.25, 0.3) is 5.91 Å². The van der Waals surface area contributed by atoms with E-state index in [0.29, 0.717) is 18.7 Å². The Balaban J connectivity index is 1.52. The van der Waals surface area contributed by atoms with E-state index in [1.54, 1.807) is 12.1 Å². The highest BCUT2D eigenvalue weighted by Crippen LogP contribution is 2.44. The molecule has 3 N–H and O–H groups in total. The maximum absolute atomic E-state index is 12.7. The van der Waals surface area contributed by atoms with Gasteiger partial charge in [-0.2, -0.15) is 0 Å². The average molecular weight is 439 g/mol. The fraction of sp³-hybridized carbons (Fsp3) is 0.409. The van der Waals surface area contributed by atoms with E-state index in [2.05, 4.69) is 20.8 Å². The molecule has 1 saturated heterocycles. The molecule has 10 heteroatoms. The van der Waals surface area contributed by atoms with Gasteiger partial charge in [-0.3, -0.25) is 14.4 Å². The summed E-state index contributed by atoms with van der Waals surface area (Å²) in [7, 11) is 1.93. The van der Waals surface area contributed by atoms with Crippen LogP contribution in [0, 0.1) is 5.92 Å². The monoisotopic (exact) mass is 438 g/mol. The number of nitrogens with one attached hydrogen (secondary N) is 3. The molecule has 1 aromatic heterocycles. The smallest absolute Gasteiger partial charge is 0.273 e. The van der Waals surface area contributed by atoms with E-state index in [-0.39, 0.29) is 41.0 Å². The molecule has 10 nitrogen and oxygen atoms in total. The lowest BCUT2D eigenvalue weighted by atomic mass is 10.1. The molecule has 0 radical (unpaired) electrons. The lowest BCUT2D eigenvalue weighted by molar-refractivity contribution is -0.118. The molecule has 2 fully saturated rings. The Morgan fingerprint density at radius 1 is 1.19 bits per heavy atom. The zero-order chi connectivity index (χ0) is 24.9. The molecule has 0 spiro atoms. The predicted molar refractivity (Wildman–Crippen MR) is 120 cm³/mol. The highest BCUT2D eigenvalue weighted by molar-refractivity contribution is 6.04. The highest BCUT2D eigenvalue weighted by atomic mass is 16.2. The summed E-state index contributed by atoms with van der Waals surface area (Å²) in [6.45, 7) is -2.06. The third-order valence-corrected chi connectivity index (χ3v) is 6.06. The molecule has 166 valence electrons. The first-order valence-corrected chi connectivity index (χ1v) is 10.5. The van der Waals surface area contributed by atoms with E-state index >= 15 is 0 Å². The number of anilines is 5. The molecule has 3 aliphatic rings. The Bertz CT molecular complexity index is 1220. The number of carbonyl (C=O) groups excluding carboxylic acids is 3. The molecule has 1 aliphatic carbocycles. The van der Waals surface area contributed by atoms with Crippen molar-refractivity contribution in [3.8, 4) is 0 Å². The second-order valence-corrected chi connectivity index (χ2v) is 8.34. The molecule has 0 unspecified atom stereocenters. The number of amides is 3. The molecule has 2 aromatic rings. The van der Waals surface area contributed by atoms with E-state index in [1.165, 1.54) is 6.07 Å². The summed E-state index contributed by atoms with van der Waals surface area (Å²) in [6, 6.07) is 7.02. The van der Waals surface area contributed by atoms with Crippen LogP contribution in [0.2, 0.25) is 0 Å². The van der Waals surface area contributed by atoms with Crippen LogP contribution in [0.25, 0.3) is 0 Å². The first-order chi connectivity index (χ1) is 16.6. The van der Waals surface area contributed by atoms with E-state index in [0.717, 1.165) is 30.6 Å². The molecule has 1 aromatic carbocycles. The van der Waals surface area contributed by atoms with Crippen LogP contribution in [0.15, 0.2) is 24.3 Å². The minimum absolute atomic E-state index is 0.0625. The molecule has 1 saturated carbocycles. The Morgan fingerprint density at radius 2 is 2.03 bits per heavy atom. The number of para-hydroxylation sites is 1. The third kappa shape index (κ3) is 3.51. The number of benzene rings is 1. The zero-order valence-electron chi connectivity index (χ0n) is 20.5. The number of likely N-dealkylation sites (N-methyl/N-ethyl adjacent to an activating group) is 1. The number of aromatic nitrogens is 2. The molecule has 3 heterocycles.